The lowest BCUT2D eigenvalue weighted by molar-refractivity contribution is -0.111. The van der Waals surface area contributed by atoms with Gasteiger partial charge in [0.25, 0.3) is 0 Å². The van der Waals surface area contributed by atoms with Gasteiger partial charge >= 0.3 is 0 Å². The Hall–Kier alpha value is -2.46. The van der Waals surface area contributed by atoms with Gasteiger partial charge in [0.2, 0.25) is 0 Å². The highest BCUT2D eigenvalue weighted by Gasteiger charge is 2.22. The van der Waals surface area contributed by atoms with Gasteiger partial charge in [-0.15, -0.1) is 0 Å². The van der Waals surface area contributed by atoms with Gasteiger partial charge in [0.15, 0.2) is 5.78 Å². The van der Waals surface area contributed by atoms with Crippen LogP contribution < -0.4 is 4.90 Å². The Morgan fingerprint density at radius 2 is 1.83 bits per heavy atom. The number of aliphatic imine (C=N–C) groups is 1. The molecule has 0 bridgehead atoms. The van der Waals surface area contributed by atoms with Gasteiger partial charge in [-0.05, 0) is 85.9 Å². The Morgan fingerprint density at radius 3 is 2.40 bits per heavy atom. The van der Waals surface area contributed by atoms with Crippen molar-refractivity contribution in [3.05, 3.63) is 53.1 Å². The van der Waals surface area contributed by atoms with Gasteiger partial charge in [0.1, 0.15) is 0 Å². The molecule has 2 aromatic rings. The average molecular weight is 407 g/mol. The Kier molecular flexibility index (Phi) is 7.43. The first kappa shape index (κ1) is 22.2. The van der Waals surface area contributed by atoms with Crippen LogP contribution in [-0.4, -0.2) is 36.2 Å². The molecule has 0 aliphatic carbocycles. The Bertz CT molecular complexity index is 925. The molecule has 0 unspecified atom stereocenters. The van der Waals surface area contributed by atoms with E-state index in [2.05, 4.69) is 47.1 Å². The number of aliphatic hydroxyl groups excluding tert-OH is 1. The van der Waals surface area contributed by atoms with Crippen LogP contribution >= 0.6 is 0 Å². The lowest BCUT2D eigenvalue weighted by Crippen LogP contribution is -2.34. The average Bonchev–Trinajstić information content (AvgIpc) is 2.73. The Morgan fingerprint density at radius 1 is 1.10 bits per heavy atom. The number of hydrogen-bond acceptors (Lipinski definition) is 4. The van der Waals surface area contributed by atoms with Crippen molar-refractivity contribution < 1.29 is 9.90 Å². The number of aliphatic hydroxyl groups is 1. The van der Waals surface area contributed by atoms with Crippen molar-refractivity contribution in [1.82, 2.24) is 0 Å². The zero-order valence-electron chi connectivity index (χ0n) is 18.7. The van der Waals surface area contributed by atoms with Gasteiger partial charge in [0.05, 0.1) is 12.3 Å². The molecule has 1 saturated heterocycles. The van der Waals surface area contributed by atoms with Crippen LogP contribution in [-0.2, 0) is 11.4 Å². The molecule has 1 aliphatic heterocycles. The standard InChI is InChI=1S/C26H34N2O2/c1-5-27-26(20(4)30)16-21-10-12-28(13-11-21)24-8-9-25(19(3)15-24)22-6-7-23(17-29)18(2)14-22/h6-9,14-15,21,29H,5,10-13,16-17H2,1-4H3. The molecule has 0 atom stereocenters. The second-order valence-electron chi connectivity index (χ2n) is 8.41. The number of hydrogen-bond donors (Lipinski definition) is 1. The maximum atomic E-state index is 11.8. The number of rotatable bonds is 7. The molecule has 0 spiro atoms. The maximum Gasteiger partial charge on any atom is 0.173 e. The van der Waals surface area contributed by atoms with E-state index >= 15 is 0 Å². The van der Waals surface area contributed by atoms with Crippen molar-refractivity contribution in [2.75, 3.05) is 24.5 Å². The normalized spacial score (nSPS) is 15.5. The van der Waals surface area contributed by atoms with Crippen LogP contribution in [0, 0.1) is 19.8 Å². The summed E-state index contributed by atoms with van der Waals surface area (Å²) >= 11 is 0. The highest BCUT2D eigenvalue weighted by atomic mass is 16.3. The summed E-state index contributed by atoms with van der Waals surface area (Å²) in [5.41, 5.74) is 7.83. The fraction of sp³-hybridized carbons (Fsp3) is 0.462. The number of carbonyl (C=O) groups excluding carboxylic acids is 1. The van der Waals surface area contributed by atoms with Crippen LogP contribution in [0.25, 0.3) is 11.1 Å². The number of ketones is 1. The van der Waals surface area contributed by atoms with Gasteiger partial charge in [-0.2, -0.15) is 0 Å². The number of aryl methyl sites for hydroxylation is 2. The van der Waals surface area contributed by atoms with E-state index in [9.17, 15) is 9.90 Å². The molecule has 0 aromatic heterocycles. The van der Waals surface area contributed by atoms with Crippen molar-refractivity contribution in [2.24, 2.45) is 10.9 Å². The molecule has 0 saturated carbocycles. The van der Waals surface area contributed by atoms with E-state index in [4.69, 9.17) is 0 Å². The third kappa shape index (κ3) is 5.17. The van der Waals surface area contributed by atoms with Crippen LogP contribution in [0.15, 0.2) is 41.4 Å². The van der Waals surface area contributed by atoms with E-state index in [0.717, 1.165) is 49.2 Å². The molecule has 4 heteroatoms. The molecule has 4 nitrogen and oxygen atoms in total. The van der Waals surface area contributed by atoms with Gasteiger partial charge in [-0.3, -0.25) is 9.79 Å². The molecule has 0 amide bonds. The van der Waals surface area contributed by atoms with Crippen LogP contribution in [0.1, 0.15) is 49.8 Å². The van der Waals surface area contributed by atoms with Crippen molar-refractivity contribution in [1.29, 1.82) is 0 Å². The first-order chi connectivity index (χ1) is 14.4. The maximum absolute atomic E-state index is 11.8. The number of benzene rings is 2. The minimum absolute atomic E-state index is 0.0815. The highest BCUT2D eigenvalue weighted by molar-refractivity contribution is 6.39. The Labute approximate surface area is 180 Å². The van der Waals surface area contributed by atoms with E-state index < -0.39 is 0 Å². The third-order valence-electron chi connectivity index (χ3n) is 6.25. The molecular weight excluding hydrogens is 372 g/mol. The molecule has 1 fully saturated rings. The summed E-state index contributed by atoms with van der Waals surface area (Å²) in [6.45, 7) is 10.6. The molecule has 1 heterocycles. The van der Waals surface area contributed by atoms with E-state index in [1.54, 1.807) is 6.92 Å². The molecular formula is C26H34N2O2. The smallest absolute Gasteiger partial charge is 0.173 e. The second-order valence-corrected chi connectivity index (χ2v) is 8.41. The SMILES string of the molecule is CCN=C(CC1CCN(c2ccc(-c3ccc(CO)c(C)c3)c(C)c2)CC1)C(C)=O. The van der Waals surface area contributed by atoms with E-state index in [-0.39, 0.29) is 12.4 Å². The number of carbonyl (C=O) groups is 1. The summed E-state index contributed by atoms with van der Waals surface area (Å²) in [4.78, 5) is 18.6. The van der Waals surface area contributed by atoms with Crippen molar-refractivity contribution in [3.63, 3.8) is 0 Å². The number of piperidine rings is 1. The first-order valence-electron chi connectivity index (χ1n) is 11.0. The molecule has 30 heavy (non-hydrogen) atoms. The van der Waals surface area contributed by atoms with Gasteiger partial charge in [-0.25, -0.2) is 0 Å². The fourth-order valence-corrected chi connectivity index (χ4v) is 4.39. The highest BCUT2D eigenvalue weighted by Crippen LogP contribution is 2.31. The monoisotopic (exact) mass is 406 g/mol. The summed E-state index contributed by atoms with van der Waals surface area (Å²) in [6, 6.07) is 13.0. The zero-order chi connectivity index (χ0) is 21.7. The quantitative estimate of drug-likeness (QED) is 0.650. The number of Topliss-reactive ketones (excluding diaryl/α,β-unsaturated/α-hetero) is 1. The summed E-state index contributed by atoms with van der Waals surface area (Å²) in [5, 5.41) is 9.41. The lowest BCUT2D eigenvalue weighted by atomic mass is 9.90. The number of nitrogens with zero attached hydrogens (tertiary/aromatic N) is 2. The van der Waals surface area contributed by atoms with E-state index in [1.807, 2.05) is 19.9 Å². The Balaban J connectivity index is 1.67. The first-order valence-corrected chi connectivity index (χ1v) is 11.0. The fourth-order valence-electron chi connectivity index (χ4n) is 4.39. The third-order valence-corrected chi connectivity index (χ3v) is 6.25. The minimum Gasteiger partial charge on any atom is -0.392 e. The lowest BCUT2D eigenvalue weighted by Gasteiger charge is -2.34. The van der Waals surface area contributed by atoms with E-state index in [0.29, 0.717) is 12.5 Å². The molecule has 1 aliphatic rings. The summed E-state index contributed by atoms with van der Waals surface area (Å²) in [5.74, 6) is 0.664. The second kappa shape index (κ2) is 10.0. The topological polar surface area (TPSA) is 52.9 Å². The minimum atomic E-state index is 0.0815. The van der Waals surface area contributed by atoms with Gasteiger partial charge in [0, 0.05) is 32.2 Å². The van der Waals surface area contributed by atoms with Crippen molar-refractivity contribution in [2.45, 2.75) is 53.6 Å². The summed E-state index contributed by atoms with van der Waals surface area (Å²) in [6.07, 6.45) is 3.01. The van der Waals surface area contributed by atoms with Crippen LogP contribution in [0.3, 0.4) is 0 Å². The number of anilines is 1. The summed E-state index contributed by atoms with van der Waals surface area (Å²) in [7, 11) is 0. The van der Waals surface area contributed by atoms with Crippen molar-refractivity contribution >= 4 is 17.2 Å². The summed E-state index contributed by atoms with van der Waals surface area (Å²) < 4.78 is 0. The zero-order valence-corrected chi connectivity index (χ0v) is 18.7. The molecule has 160 valence electrons. The molecule has 3 rings (SSSR count). The van der Waals surface area contributed by atoms with Crippen LogP contribution in [0.2, 0.25) is 0 Å². The predicted molar refractivity (Wildman–Crippen MR) is 125 cm³/mol. The van der Waals surface area contributed by atoms with Gasteiger partial charge in [-0.1, -0.05) is 24.3 Å². The molecule has 2 aromatic carbocycles. The largest absolute Gasteiger partial charge is 0.392 e. The van der Waals surface area contributed by atoms with Gasteiger partial charge < -0.3 is 10.0 Å². The van der Waals surface area contributed by atoms with E-state index in [1.165, 1.54) is 22.4 Å². The van der Waals surface area contributed by atoms with Crippen LogP contribution in [0.4, 0.5) is 5.69 Å². The van der Waals surface area contributed by atoms with Crippen LogP contribution in [0.5, 0.6) is 0 Å². The van der Waals surface area contributed by atoms with Crippen molar-refractivity contribution in [3.8, 4) is 11.1 Å². The molecule has 1 N–H and O–H groups in total. The predicted octanol–water partition coefficient (Wildman–Crippen LogP) is 5.12. The molecule has 0 radical (unpaired) electrons.